The van der Waals surface area contributed by atoms with Gasteiger partial charge >= 0.3 is 29.8 Å². The van der Waals surface area contributed by atoms with Crippen molar-refractivity contribution in [1.29, 1.82) is 5.41 Å². The molecule has 0 aromatic heterocycles. The third kappa shape index (κ3) is 41.8. The molecular formula is C14H31N7O10. The number of nitrogens with two attached hydrogens (primary N) is 5. The van der Waals surface area contributed by atoms with Gasteiger partial charge in [-0.15, -0.1) is 0 Å². The fourth-order valence-corrected chi connectivity index (χ4v) is 0.944. The van der Waals surface area contributed by atoms with Gasteiger partial charge < -0.3 is 59.5 Å². The van der Waals surface area contributed by atoms with Crippen LogP contribution in [-0.4, -0.2) is 93.1 Å². The zero-order valence-corrected chi connectivity index (χ0v) is 16.6. The lowest BCUT2D eigenvalue weighted by molar-refractivity contribution is -0.144. The van der Waals surface area contributed by atoms with E-state index in [2.05, 4.69) is 16.8 Å². The Labute approximate surface area is 176 Å². The molecule has 182 valence electrons. The Morgan fingerprint density at radius 3 is 1.32 bits per heavy atom. The first-order chi connectivity index (χ1) is 14.1. The second kappa shape index (κ2) is 22.7. The number of carboxylic acid groups (broad SMARTS) is 5. The Bertz CT molecular complexity index is 560. The first-order valence-electron chi connectivity index (χ1n) is 8.22. The smallest absolute Gasteiger partial charge is 0.321 e. The lowest BCUT2D eigenvalue weighted by Crippen LogP contribution is -2.34. The molecular weight excluding hydrogens is 426 g/mol. The Hall–Kier alpha value is -3.54. The van der Waals surface area contributed by atoms with E-state index in [1.165, 1.54) is 0 Å². The third-order valence-electron chi connectivity index (χ3n) is 2.39. The number of carbonyl (C=O) groups is 5. The van der Waals surface area contributed by atoms with Crippen molar-refractivity contribution in [2.24, 2.45) is 28.7 Å². The van der Waals surface area contributed by atoms with Gasteiger partial charge in [0.15, 0.2) is 5.96 Å². The van der Waals surface area contributed by atoms with Crippen LogP contribution >= 0.6 is 0 Å². The highest BCUT2D eigenvalue weighted by atomic mass is 16.4. The second-order valence-electron chi connectivity index (χ2n) is 5.17. The van der Waals surface area contributed by atoms with Crippen molar-refractivity contribution < 1.29 is 49.5 Å². The van der Waals surface area contributed by atoms with Crippen molar-refractivity contribution in [1.82, 2.24) is 5.32 Å². The van der Waals surface area contributed by atoms with Crippen molar-refractivity contribution in [2.75, 3.05) is 19.6 Å². The average Bonchev–Trinajstić information content (AvgIpc) is 2.65. The molecule has 17 heteroatoms. The summed E-state index contributed by atoms with van der Waals surface area (Å²) in [6.45, 7) is -0.0731. The molecule has 0 unspecified atom stereocenters. The van der Waals surface area contributed by atoms with Crippen molar-refractivity contribution in [3.63, 3.8) is 0 Å². The van der Waals surface area contributed by atoms with Crippen LogP contribution in [0.1, 0.15) is 19.3 Å². The summed E-state index contributed by atoms with van der Waals surface area (Å²) in [5.41, 5.74) is 24.2. The highest BCUT2D eigenvalue weighted by Gasteiger charge is 2.14. The third-order valence-corrected chi connectivity index (χ3v) is 2.39. The van der Waals surface area contributed by atoms with Gasteiger partial charge in [0.2, 0.25) is 0 Å². The summed E-state index contributed by atoms with van der Waals surface area (Å²) >= 11 is 0. The van der Waals surface area contributed by atoms with Crippen LogP contribution in [-0.2, 0) is 24.0 Å². The van der Waals surface area contributed by atoms with E-state index in [1.54, 1.807) is 0 Å². The Morgan fingerprint density at radius 2 is 1.13 bits per heavy atom. The van der Waals surface area contributed by atoms with Crippen LogP contribution in [0.15, 0.2) is 0 Å². The lowest BCUT2D eigenvalue weighted by Gasteiger charge is -2.06. The molecule has 2 atom stereocenters. The zero-order chi connectivity index (χ0) is 25.6. The van der Waals surface area contributed by atoms with Gasteiger partial charge in [0.05, 0.1) is 19.5 Å². The molecule has 0 aromatic rings. The van der Waals surface area contributed by atoms with Crippen LogP contribution in [0.25, 0.3) is 0 Å². The quantitative estimate of drug-likeness (QED) is 0.0835. The monoisotopic (exact) mass is 457 g/mol. The number of aliphatic carboxylic acids is 5. The topological polar surface area (TPSA) is 352 Å². The minimum atomic E-state index is -1.29. The molecule has 0 spiro atoms. The van der Waals surface area contributed by atoms with E-state index in [-0.39, 0.29) is 19.0 Å². The molecule has 0 aromatic carbocycles. The summed E-state index contributed by atoms with van der Waals surface area (Å²) in [6.07, 6.45) is 0.442. The number of guanidine groups is 1. The molecule has 17 N–H and O–H groups in total. The van der Waals surface area contributed by atoms with E-state index >= 15 is 0 Å². The highest BCUT2D eigenvalue weighted by Crippen LogP contribution is 1.92. The van der Waals surface area contributed by atoms with Gasteiger partial charge in [-0.3, -0.25) is 29.4 Å². The summed E-state index contributed by atoms with van der Waals surface area (Å²) in [5, 5.41) is 48.9. The predicted molar refractivity (Wildman–Crippen MR) is 106 cm³/mol. The van der Waals surface area contributed by atoms with Crippen molar-refractivity contribution in [2.45, 2.75) is 31.3 Å². The minimum absolute atomic E-state index is 0.112. The van der Waals surface area contributed by atoms with Crippen LogP contribution in [0.2, 0.25) is 0 Å². The maximum atomic E-state index is 10.2. The van der Waals surface area contributed by atoms with Gasteiger partial charge in [0, 0.05) is 6.54 Å². The molecule has 0 aliphatic carbocycles. The van der Waals surface area contributed by atoms with Gasteiger partial charge in [0.25, 0.3) is 0 Å². The van der Waals surface area contributed by atoms with Gasteiger partial charge in [-0.05, 0) is 12.8 Å². The largest absolute Gasteiger partial charge is 0.481 e. The first kappa shape index (κ1) is 34.9. The Morgan fingerprint density at radius 1 is 0.774 bits per heavy atom. The number of carboxylic acids is 5. The SMILES string of the molecule is N=C(N)NCCC[C@H](N)C(=O)O.NCC(=O)O.NCC(=O)O.N[C@@H](CC(=O)O)C(=O)O. The molecule has 0 radical (unpaired) electrons. The summed E-state index contributed by atoms with van der Waals surface area (Å²) in [6, 6.07) is -2.11. The fraction of sp³-hybridized carbons (Fsp3) is 0.571. The summed E-state index contributed by atoms with van der Waals surface area (Å²) in [5.74, 6) is -5.55. The van der Waals surface area contributed by atoms with Gasteiger partial charge in [0.1, 0.15) is 12.1 Å². The summed E-state index contributed by atoms with van der Waals surface area (Å²) < 4.78 is 0. The number of rotatable bonds is 10. The van der Waals surface area contributed by atoms with E-state index in [1.807, 2.05) is 0 Å². The molecule has 0 aliphatic heterocycles. The van der Waals surface area contributed by atoms with Crippen LogP contribution in [0.3, 0.4) is 0 Å². The second-order valence-corrected chi connectivity index (χ2v) is 5.17. The number of hydrogen-bond donors (Lipinski definition) is 12. The molecule has 0 aliphatic rings. The predicted octanol–water partition coefficient (Wildman–Crippen LogP) is -4.41. The molecule has 0 saturated carbocycles. The van der Waals surface area contributed by atoms with Gasteiger partial charge in [-0.2, -0.15) is 0 Å². The van der Waals surface area contributed by atoms with E-state index in [4.69, 9.17) is 48.1 Å². The van der Waals surface area contributed by atoms with Crippen LogP contribution < -0.4 is 34.0 Å². The molecule has 0 amide bonds. The lowest BCUT2D eigenvalue weighted by atomic mass is 10.2. The van der Waals surface area contributed by atoms with Crippen LogP contribution in [0.5, 0.6) is 0 Å². The first-order valence-corrected chi connectivity index (χ1v) is 8.22. The van der Waals surface area contributed by atoms with E-state index in [0.29, 0.717) is 19.4 Å². The van der Waals surface area contributed by atoms with Crippen molar-refractivity contribution >= 4 is 35.8 Å². The zero-order valence-electron chi connectivity index (χ0n) is 16.6. The maximum absolute atomic E-state index is 10.2. The summed E-state index contributed by atoms with van der Waals surface area (Å²) in [4.78, 5) is 48.3. The molecule has 0 heterocycles. The fourth-order valence-electron chi connectivity index (χ4n) is 0.944. The average molecular weight is 457 g/mol. The minimum Gasteiger partial charge on any atom is -0.481 e. The highest BCUT2D eigenvalue weighted by molar-refractivity contribution is 5.80. The van der Waals surface area contributed by atoms with Crippen molar-refractivity contribution in [3.05, 3.63) is 0 Å². The van der Waals surface area contributed by atoms with Crippen molar-refractivity contribution in [3.8, 4) is 0 Å². The van der Waals surface area contributed by atoms with Gasteiger partial charge in [-0.25, -0.2) is 0 Å². The van der Waals surface area contributed by atoms with Gasteiger partial charge in [-0.1, -0.05) is 0 Å². The van der Waals surface area contributed by atoms with E-state index in [0.717, 1.165) is 0 Å². The molecule has 0 fully saturated rings. The number of nitrogens with one attached hydrogen (secondary N) is 2. The van der Waals surface area contributed by atoms with Crippen LogP contribution in [0, 0.1) is 5.41 Å². The molecule has 31 heavy (non-hydrogen) atoms. The number of hydrogen-bond acceptors (Lipinski definition) is 10. The molecule has 17 nitrogen and oxygen atoms in total. The van der Waals surface area contributed by atoms with E-state index < -0.39 is 48.4 Å². The molecule has 0 saturated heterocycles. The van der Waals surface area contributed by atoms with Crippen LogP contribution in [0.4, 0.5) is 0 Å². The maximum Gasteiger partial charge on any atom is 0.321 e. The Balaban J connectivity index is -0.000000169. The molecule has 0 bridgehead atoms. The molecule has 0 rings (SSSR count). The Kier molecular flexibility index (Phi) is 25.6. The van der Waals surface area contributed by atoms with E-state index in [9.17, 15) is 24.0 Å². The normalized spacial score (nSPS) is 10.7. The standard InChI is InChI=1S/C6H14N4O2.C4H7NO4.2C2H5NO2/c7-4(5(11)12)2-1-3-10-6(8)9;5-2(4(8)9)1-3(6)7;2*3-1-2(4)5/h4H,1-3,7H2,(H,11,12)(H4,8,9,10);2H,1,5H2,(H,6,7)(H,8,9);2*1,3H2,(H,4,5)/t4-;2-;;/m00../s1. The summed E-state index contributed by atoms with van der Waals surface area (Å²) in [7, 11) is 0.